The van der Waals surface area contributed by atoms with Crippen molar-refractivity contribution in [1.82, 2.24) is 9.97 Å². The monoisotopic (exact) mass is 220 g/mol. The minimum Gasteiger partial charge on any atom is -0.368 e. The van der Waals surface area contributed by atoms with Gasteiger partial charge in [-0.2, -0.15) is 5.26 Å². The van der Waals surface area contributed by atoms with E-state index in [1.54, 1.807) is 0 Å². The fourth-order valence-corrected chi connectivity index (χ4v) is 2.21. The molecule has 0 aliphatic carbocycles. The lowest BCUT2D eigenvalue weighted by atomic mass is 10.1. The molecule has 1 aromatic heterocycles. The van der Waals surface area contributed by atoms with Crippen molar-refractivity contribution in [2.24, 2.45) is 0 Å². The minimum atomic E-state index is 0.553. The van der Waals surface area contributed by atoms with E-state index in [4.69, 9.17) is 5.26 Å². The number of nitrogens with zero attached hydrogens (tertiary/aromatic N) is 4. The third-order valence-electron chi connectivity index (χ3n) is 2.52. The van der Waals surface area contributed by atoms with E-state index in [1.807, 2.05) is 19.2 Å². The number of aryl methyl sites for hydroxylation is 2. The largest absolute Gasteiger partial charge is 0.368 e. The summed E-state index contributed by atoms with van der Waals surface area (Å²) in [6.45, 7) is 6.14. The summed E-state index contributed by atoms with van der Waals surface area (Å²) in [5.41, 5.74) is 3.09. The second-order valence-corrected chi connectivity index (χ2v) is 4.31. The van der Waals surface area contributed by atoms with Gasteiger partial charge in [0, 0.05) is 24.9 Å². The molecule has 2 rings (SSSR count). The molecule has 78 valence electrons. The molecule has 1 aliphatic heterocycles. The summed E-state index contributed by atoms with van der Waals surface area (Å²) in [7, 11) is 0. The highest BCUT2D eigenvalue weighted by Gasteiger charge is 2.20. The van der Waals surface area contributed by atoms with E-state index in [9.17, 15) is 0 Å². The maximum absolute atomic E-state index is 8.56. The van der Waals surface area contributed by atoms with Gasteiger partial charge in [0.2, 0.25) is 5.16 Å². The average Bonchev–Trinajstić information content (AvgIpc) is 2.08. The first-order chi connectivity index (χ1) is 7.22. The number of nitriles is 1. The summed E-state index contributed by atoms with van der Waals surface area (Å²) in [6, 6.07) is 0. The van der Waals surface area contributed by atoms with Gasteiger partial charge in [-0.05, 0) is 20.3 Å². The Bertz CT molecular complexity index is 397. The van der Waals surface area contributed by atoms with Crippen LogP contribution in [-0.4, -0.2) is 23.1 Å². The SMILES string of the molecule is Cc1nc(SC#N)nc(C)c1N1CCC1. The molecule has 0 radical (unpaired) electrons. The molecule has 0 atom stereocenters. The van der Waals surface area contributed by atoms with Crippen molar-refractivity contribution in [3.05, 3.63) is 11.4 Å². The van der Waals surface area contributed by atoms with Crippen LogP contribution >= 0.6 is 11.8 Å². The molecule has 15 heavy (non-hydrogen) atoms. The summed E-state index contributed by atoms with van der Waals surface area (Å²) in [4.78, 5) is 10.9. The maximum atomic E-state index is 8.56. The van der Waals surface area contributed by atoms with Gasteiger partial charge in [0.15, 0.2) is 0 Å². The molecule has 5 heteroatoms. The highest BCUT2D eigenvalue weighted by molar-refractivity contribution is 8.03. The fraction of sp³-hybridized carbons (Fsp3) is 0.500. The van der Waals surface area contributed by atoms with Gasteiger partial charge in [0.25, 0.3) is 0 Å². The van der Waals surface area contributed by atoms with Crippen LogP contribution in [0.4, 0.5) is 5.69 Å². The van der Waals surface area contributed by atoms with Gasteiger partial charge >= 0.3 is 0 Å². The topological polar surface area (TPSA) is 52.8 Å². The Balaban J connectivity index is 2.35. The average molecular weight is 220 g/mol. The Kier molecular flexibility index (Phi) is 2.78. The molecule has 0 saturated carbocycles. The van der Waals surface area contributed by atoms with Crippen molar-refractivity contribution in [1.29, 1.82) is 5.26 Å². The van der Waals surface area contributed by atoms with Crippen LogP contribution < -0.4 is 4.90 Å². The second-order valence-electron chi connectivity index (χ2n) is 3.56. The van der Waals surface area contributed by atoms with Crippen molar-refractivity contribution in [2.75, 3.05) is 18.0 Å². The molecular formula is C10H12N4S. The number of hydrogen-bond donors (Lipinski definition) is 0. The smallest absolute Gasteiger partial charge is 0.202 e. The van der Waals surface area contributed by atoms with E-state index in [-0.39, 0.29) is 0 Å². The van der Waals surface area contributed by atoms with Crippen molar-refractivity contribution in [2.45, 2.75) is 25.4 Å². The van der Waals surface area contributed by atoms with Gasteiger partial charge in [-0.3, -0.25) is 0 Å². The van der Waals surface area contributed by atoms with Gasteiger partial charge in [-0.15, -0.1) is 0 Å². The summed E-state index contributed by atoms with van der Waals surface area (Å²) >= 11 is 1.01. The van der Waals surface area contributed by atoms with Crippen LogP contribution in [0.1, 0.15) is 17.8 Å². The van der Waals surface area contributed by atoms with Crippen LogP contribution in [0.2, 0.25) is 0 Å². The first-order valence-corrected chi connectivity index (χ1v) is 5.70. The standard InChI is InChI=1S/C10H12N4S/c1-7-9(14-4-3-5-14)8(2)13-10(12-7)15-6-11/h3-5H2,1-2H3. The van der Waals surface area contributed by atoms with Crippen LogP contribution in [0, 0.1) is 24.5 Å². The van der Waals surface area contributed by atoms with E-state index < -0.39 is 0 Å². The molecule has 1 aromatic rings. The Morgan fingerprint density at radius 2 is 1.87 bits per heavy atom. The lowest BCUT2D eigenvalue weighted by Gasteiger charge is -2.34. The number of anilines is 1. The summed E-state index contributed by atoms with van der Waals surface area (Å²) in [5, 5.41) is 11.1. The quantitative estimate of drug-likeness (QED) is 0.432. The zero-order chi connectivity index (χ0) is 10.8. The van der Waals surface area contributed by atoms with E-state index in [1.165, 1.54) is 6.42 Å². The normalized spacial score (nSPS) is 14.6. The second kappa shape index (κ2) is 4.07. The van der Waals surface area contributed by atoms with Gasteiger partial charge in [0.1, 0.15) is 5.40 Å². The van der Waals surface area contributed by atoms with Crippen molar-refractivity contribution < 1.29 is 0 Å². The van der Waals surface area contributed by atoms with E-state index in [0.29, 0.717) is 5.16 Å². The molecular weight excluding hydrogens is 208 g/mol. The van der Waals surface area contributed by atoms with Gasteiger partial charge in [0.05, 0.1) is 17.1 Å². The number of aromatic nitrogens is 2. The zero-order valence-corrected chi connectivity index (χ0v) is 9.63. The highest BCUT2D eigenvalue weighted by atomic mass is 32.2. The van der Waals surface area contributed by atoms with Crippen LogP contribution in [0.5, 0.6) is 0 Å². The van der Waals surface area contributed by atoms with Crippen LogP contribution in [-0.2, 0) is 0 Å². The Morgan fingerprint density at radius 3 is 2.27 bits per heavy atom. The van der Waals surface area contributed by atoms with Crippen LogP contribution in [0.25, 0.3) is 0 Å². The first kappa shape index (κ1) is 10.2. The maximum Gasteiger partial charge on any atom is 0.202 e. The molecule has 0 bridgehead atoms. The molecule has 0 amide bonds. The van der Waals surface area contributed by atoms with E-state index in [0.717, 1.165) is 41.9 Å². The van der Waals surface area contributed by atoms with Crippen LogP contribution in [0.15, 0.2) is 5.16 Å². The third-order valence-corrected chi connectivity index (χ3v) is 2.98. The number of rotatable bonds is 2. The van der Waals surface area contributed by atoms with Gasteiger partial charge in [-0.1, -0.05) is 0 Å². The molecule has 0 unspecified atom stereocenters. The predicted octanol–water partition coefficient (Wildman–Crippen LogP) is 1.88. The molecule has 1 aliphatic rings. The first-order valence-electron chi connectivity index (χ1n) is 4.88. The predicted molar refractivity (Wildman–Crippen MR) is 59.8 cm³/mol. The molecule has 2 heterocycles. The molecule has 1 saturated heterocycles. The molecule has 0 aromatic carbocycles. The number of thiocyanates is 1. The van der Waals surface area contributed by atoms with Gasteiger partial charge in [-0.25, -0.2) is 9.97 Å². The Hall–Kier alpha value is -1.28. The van der Waals surface area contributed by atoms with E-state index >= 15 is 0 Å². The van der Waals surface area contributed by atoms with E-state index in [2.05, 4.69) is 14.9 Å². The molecule has 0 spiro atoms. The fourth-order valence-electron chi connectivity index (χ4n) is 1.76. The lowest BCUT2D eigenvalue weighted by molar-refractivity contribution is 0.608. The number of hydrogen-bond acceptors (Lipinski definition) is 5. The summed E-state index contributed by atoms with van der Waals surface area (Å²) < 4.78 is 0. The Labute approximate surface area is 93.3 Å². The highest BCUT2D eigenvalue weighted by Crippen LogP contribution is 2.27. The van der Waals surface area contributed by atoms with Gasteiger partial charge < -0.3 is 4.90 Å². The molecule has 1 fully saturated rings. The summed E-state index contributed by atoms with van der Waals surface area (Å²) in [5.74, 6) is 0. The third kappa shape index (κ3) is 1.90. The van der Waals surface area contributed by atoms with Crippen molar-refractivity contribution in [3.8, 4) is 5.40 Å². The minimum absolute atomic E-state index is 0.553. The Morgan fingerprint density at radius 1 is 1.27 bits per heavy atom. The van der Waals surface area contributed by atoms with Crippen molar-refractivity contribution in [3.63, 3.8) is 0 Å². The van der Waals surface area contributed by atoms with Crippen LogP contribution in [0.3, 0.4) is 0 Å². The summed E-state index contributed by atoms with van der Waals surface area (Å²) in [6.07, 6.45) is 1.24. The molecule has 4 nitrogen and oxygen atoms in total. The number of thioether (sulfide) groups is 1. The molecule has 0 N–H and O–H groups in total. The lowest BCUT2D eigenvalue weighted by Crippen LogP contribution is -2.38. The zero-order valence-electron chi connectivity index (χ0n) is 8.82. The van der Waals surface area contributed by atoms with Crippen molar-refractivity contribution >= 4 is 17.4 Å².